The van der Waals surface area contributed by atoms with Crippen LogP contribution in [-0.4, -0.2) is 35.1 Å². The molecule has 0 aromatic heterocycles. The van der Waals surface area contributed by atoms with Gasteiger partial charge in [0.25, 0.3) is 0 Å². The van der Waals surface area contributed by atoms with E-state index in [0.29, 0.717) is 18.9 Å². The molecule has 0 radical (unpaired) electrons. The lowest BCUT2D eigenvalue weighted by molar-refractivity contribution is -0.122. The first-order chi connectivity index (χ1) is 11.7. The van der Waals surface area contributed by atoms with Crippen LogP contribution in [0.3, 0.4) is 0 Å². The molecular weight excluding hydrogens is 300 g/mol. The minimum atomic E-state index is -0.133. The smallest absolute Gasteiger partial charge is 0.220 e. The molecule has 2 fully saturated rings. The molecule has 1 aliphatic heterocycles. The molecule has 0 bridgehead atoms. The van der Waals surface area contributed by atoms with Gasteiger partial charge < -0.3 is 10.4 Å². The molecule has 1 saturated carbocycles. The van der Waals surface area contributed by atoms with Gasteiger partial charge in [-0.25, -0.2) is 0 Å². The van der Waals surface area contributed by atoms with Crippen LogP contribution < -0.4 is 5.32 Å². The standard InChI is InChI=1S/C20H30N2O2/c23-19-9-11-22(12-10-19)15-18-8-4-3-7-17(18)14-21-20(24)13-16-5-1-2-6-16/h3-4,7-8,16,19,23H,1-2,5-6,9-15H2,(H,21,24). The van der Waals surface area contributed by atoms with Gasteiger partial charge in [0.2, 0.25) is 5.91 Å². The van der Waals surface area contributed by atoms with E-state index < -0.39 is 0 Å². The van der Waals surface area contributed by atoms with Crippen molar-refractivity contribution in [3.8, 4) is 0 Å². The van der Waals surface area contributed by atoms with Crippen molar-refractivity contribution in [2.24, 2.45) is 5.92 Å². The highest BCUT2D eigenvalue weighted by Gasteiger charge is 2.19. The lowest BCUT2D eigenvalue weighted by Crippen LogP contribution is -2.35. The number of amides is 1. The summed E-state index contributed by atoms with van der Waals surface area (Å²) in [5.41, 5.74) is 2.50. The first-order valence-corrected chi connectivity index (χ1v) is 9.44. The Kier molecular flexibility index (Phi) is 6.27. The highest BCUT2D eigenvalue weighted by Crippen LogP contribution is 2.27. The van der Waals surface area contributed by atoms with Gasteiger partial charge in [-0.1, -0.05) is 37.1 Å². The number of benzene rings is 1. The molecule has 1 heterocycles. The molecule has 4 nitrogen and oxygen atoms in total. The average molecular weight is 330 g/mol. The summed E-state index contributed by atoms with van der Waals surface area (Å²) in [6.07, 6.45) is 7.27. The number of hydrogen-bond donors (Lipinski definition) is 2. The van der Waals surface area contributed by atoms with Crippen molar-refractivity contribution in [2.75, 3.05) is 13.1 Å². The minimum Gasteiger partial charge on any atom is -0.393 e. The lowest BCUT2D eigenvalue weighted by atomic mass is 10.0. The van der Waals surface area contributed by atoms with Crippen LogP contribution in [0.4, 0.5) is 0 Å². The Bertz CT molecular complexity index is 532. The maximum atomic E-state index is 12.2. The molecule has 24 heavy (non-hydrogen) atoms. The highest BCUT2D eigenvalue weighted by atomic mass is 16.3. The second-order valence-electron chi connectivity index (χ2n) is 7.41. The Morgan fingerprint density at radius 2 is 1.75 bits per heavy atom. The maximum Gasteiger partial charge on any atom is 0.220 e. The number of aliphatic hydroxyl groups is 1. The topological polar surface area (TPSA) is 52.6 Å². The Balaban J connectivity index is 1.50. The number of rotatable bonds is 6. The summed E-state index contributed by atoms with van der Waals surface area (Å²) in [7, 11) is 0. The molecule has 1 amide bonds. The second kappa shape index (κ2) is 8.63. The minimum absolute atomic E-state index is 0.133. The number of hydrogen-bond acceptors (Lipinski definition) is 3. The third kappa shape index (κ3) is 5.05. The normalized spacial score (nSPS) is 20.4. The Morgan fingerprint density at radius 3 is 2.46 bits per heavy atom. The van der Waals surface area contributed by atoms with Crippen molar-refractivity contribution in [3.63, 3.8) is 0 Å². The molecule has 0 atom stereocenters. The molecule has 1 aliphatic carbocycles. The Labute approximate surface area is 145 Å². The van der Waals surface area contributed by atoms with E-state index in [4.69, 9.17) is 0 Å². The van der Waals surface area contributed by atoms with Crippen molar-refractivity contribution in [1.29, 1.82) is 0 Å². The zero-order valence-electron chi connectivity index (χ0n) is 14.5. The van der Waals surface area contributed by atoms with Gasteiger partial charge in [-0.3, -0.25) is 9.69 Å². The van der Waals surface area contributed by atoms with Crippen molar-refractivity contribution in [1.82, 2.24) is 10.2 Å². The summed E-state index contributed by atoms with van der Waals surface area (Å²) in [5.74, 6) is 0.790. The summed E-state index contributed by atoms with van der Waals surface area (Å²) in [6.45, 7) is 3.42. The zero-order valence-corrected chi connectivity index (χ0v) is 14.5. The summed E-state index contributed by atoms with van der Waals surface area (Å²) in [5, 5.41) is 12.7. The van der Waals surface area contributed by atoms with Crippen LogP contribution in [0.2, 0.25) is 0 Å². The van der Waals surface area contributed by atoms with Crippen LogP contribution >= 0.6 is 0 Å². The van der Waals surface area contributed by atoms with Gasteiger partial charge in [-0.15, -0.1) is 0 Å². The molecule has 1 saturated heterocycles. The fraction of sp³-hybridized carbons (Fsp3) is 0.650. The van der Waals surface area contributed by atoms with E-state index in [2.05, 4.69) is 28.4 Å². The fourth-order valence-electron chi connectivity index (χ4n) is 3.95. The molecule has 1 aromatic rings. The summed E-state index contributed by atoms with van der Waals surface area (Å²) in [4.78, 5) is 14.6. The van der Waals surface area contributed by atoms with E-state index in [1.807, 2.05) is 6.07 Å². The molecular formula is C20H30N2O2. The van der Waals surface area contributed by atoms with Gasteiger partial charge in [-0.05, 0) is 42.7 Å². The van der Waals surface area contributed by atoms with E-state index in [0.717, 1.165) is 32.5 Å². The average Bonchev–Trinajstić information content (AvgIpc) is 3.09. The van der Waals surface area contributed by atoms with Gasteiger partial charge in [0.15, 0.2) is 0 Å². The Morgan fingerprint density at radius 1 is 1.08 bits per heavy atom. The van der Waals surface area contributed by atoms with Crippen LogP contribution in [0.25, 0.3) is 0 Å². The van der Waals surface area contributed by atoms with Crippen molar-refractivity contribution >= 4 is 5.91 Å². The molecule has 0 unspecified atom stereocenters. The first kappa shape index (κ1) is 17.4. The van der Waals surface area contributed by atoms with E-state index >= 15 is 0 Å². The number of carbonyl (C=O) groups excluding carboxylic acids is 1. The molecule has 2 aliphatic rings. The largest absolute Gasteiger partial charge is 0.393 e. The van der Waals surface area contributed by atoms with Crippen LogP contribution in [-0.2, 0) is 17.9 Å². The van der Waals surface area contributed by atoms with Crippen LogP contribution in [0.1, 0.15) is 56.1 Å². The number of carbonyl (C=O) groups is 1. The van der Waals surface area contributed by atoms with Gasteiger partial charge in [0.1, 0.15) is 0 Å². The Hall–Kier alpha value is -1.39. The van der Waals surface area contributed by atoms with Crippen LogP contribution in [0.5, 0.6) is 0 Å². The monoisotopic (exact) mass is 330 g/mol. The lowest BCUT2D eigenvalue weighted by Gasteiger charge is -2.30. The summed E-state index contributed by atoms with van der Waals surface area (Å²) < 4.78 is 0. The van der Waals surface area contributed by atoms with Crippen LogP contribution in [0, 0.1) is 5.92 Å². The fourth-order valence-corrected chi connectivity index (χ4v) is 3.95. The number of nitrogens with zero attached hydrogens (tertiary/aromatic N) is 1. The molecule has 2 N–H and O–H groups in total. The quantitative estimate of drug-likeness (QED) is 0.843. The SMILES string of the molecule is O=C(CC1CCCC1)NCc1ccccc1CN1CCC(O)CC1. The zero-order chi connectivity index (χ0) is 16.8. The molecule has 132 valence electrons. The number of nitrogens with one attached hydrogen (secondary N) is 1. The molecule has 3 rings (SSSR count). The van der Waals surface area contributed by atoms with E-state index in [-0.39, 0.29) is 12.0 Å². The molecule has 4 heteroatoms. The summed E-state index contributed by atoms with van der Waals surface area (Å²) >= 11 is 0. The molecule has 0 spiro atoms. The van der Waals surface area contributed by atoms with Crippen LogP contribution in [0.15, 0.2) is 24.3 Å². The highest BCUT2D eigenvalue weighted by molar-refractivity contribution is 5.76. The third-order valence-corrected chi connectivity index (χ3v) is 5.49. The van der Waals surface area contributed by atoms with E-state index in [1.165, 1.54) is 36.8 Å². The van der Waals surface area contributed by atoms with Gasteiger partial charge in [0.05, 0.1) is 6.10 Å². The van der Waals surface area contributed by atoms with Crippen molar-refractivity contribution in [3.05, 3.63) is 35.4 Å². The number of piperidine rings is 1. The van der Waals surface area contributed by atoms with Crippen molar-refractivity contribution in [2.45, 2.75) is 64.1 Å². The van der Waals surface area contributed by atoms with Gasteiger partial charge in [0, 0.05) is 32.6 Å². The van der Waals surface area contributed by atoms with Gasteiger partial charge in [-0.2, -0.15) is 0 Å². The van der Waals surface area contributed by atoms with Gasteiger partial charge >= 0.3 is 0 Å². The molecule has 1 aromatic carbocycles. The predicted molar refractivity (Wildman–Crippen MR) is 95.4 cm³/mol. The maximum absolute atomic E-state index is 12.2. The first-order valence-electron chi connectivity index (χ1n) is 9.44. The second-order valence-corrected chi connectivity index (χ2v) is 7.41. The third-order valence-electron chi connectivity index (χ3n) is 5.49. The summed E-state index contributed by atoms with van der Waals surface area (Å²) in [6, 6.07) is 8.38. The van der Waals surface area contributed by atoms with Crippen molar-refractivity contribution < 1.29 is 9.90 Å². The van der Waals surface area contributed by atoms with E-state index in [9.17, 15) is 9.90 Å². The number of likely N-dealkylation sites (tertiary alicyclic amines) is 1. The number of aliphatic hydroxyl groups excluding tert-OH is 1. The van der Waals surface area contributed by atoms with E-state index in [1.54, 1.807) is 0 Å². The predicted octanol–water partition coefficient (Wildman–Crippen LogP) is 2.84.